The maximum Gasteiger partial charge on any atom is 2.00 e. The van der Waals surface area contributed by atoms with E-state index in [1.54, 1.807) is 93.7 Å². The van der Waals surface area contributed by atoms with Crippen LogP contribution in [0.3, 0.4) is 0 Å². The van der Waals surface area contributed by atoms with E-state index < -0.39 is 0 Å². The van der Waals surface area contributed by atoms with Crippen LogP contribution < -0.4 is 0 Å². The van der Waals surface area contributed by atoms with Crippen molar-refractivity contribution in [1.82, 2.24) is 0 Å². The van der Waals surface area contributed by atoms with E-state index in [1.807, 2.05) is 30.3 Å². The molecule has 8 aliphatic carbocycles. The Morgan fingerprint density at radius 1 is 0.582 bits per heavy atom. The predicted octanol–water partition coefficient (Wildman–Crippen LogP) is 15.6. The molecule has 8 fully saturated rings. The fourth-order valence-corrected chi connectivity index (χ4v) is 23.3. The molecule has 0 heterocycles. The van der Waals surface area contributed by atoms with Crippen molar-refractivity contribution in [3.8, 4) is 22.3 Å². The van der Waals surface area contributed by atoms with Gasteiger partial charge in [0.1, 0.15) is 0 Å². The van der Waals surface area contributed by atoms with Crippen LogP contribution in [0.4, 0.5) is 0 Å². The van der Waals surface area contributed by atoms with Crippen molar-refractivity contribution in [2.45, 2.75) is 152 Å². The first-order valence-corrected chi connectivity index (χ1v) is 25.1. The summed E-state index contributed by atoms with van der Waals surface area (Å²) in [6.07, 6.45) is 21.7. The summed E-state index contributed by atoms with van der Waals surface area (Å²) < 4.78 is 0. The third kappa shape index (κ3) is 7.99. The second-order valence-electron chi connectivity index (χ2n) is 21.4. The van der Waals surface area contributed by atoms with Gasteiger partial charge < -0.3 is 0 Å². The smallest absolute Gasteiger partial charge is 0.214 e. The second kappa shape index (κ2) is 15.6. The zero-order valence-corrected chi connectivity index (χ0v) is 37.7. The Morgan fingerprint density at radius 2 is 1.00 bits per heavy atom. The van der Waals surface area contributed by atoms with Crippen LogP contribution in [0.2, 0.25) is 0 Å². The van der Waals surface area contributed by atoms with Crippen LogP contribution in [0.5, 0.6) is 0 Å². The minimum Gasteiger partial charge on any atom is -0.214 e. The Morgan fingerprint density at radius 3 is 1.38 bits per heavy atom. The van der Waals surface area contributed by atoms with Crippen LogP contribution in [0, 0.1) is 35.5 Å². The van der Waals surface area contributed by atoms with Gasteiger partial charge >= 0.3 is 17.1 Å². The molecule has 0 unspecified atom stereocenters. The van der Waals surface area contributed by atoms with E-state index in [1.165, 1.54) is 29.0 Å². The summed E-state index contributed by atoms with van der Waals surface area (Å²) in [6.45, 7) is 15.3. The Hall–Kier alpha value is -1.48. The van der Waals surface area contributed by atoms with Crippen LogP contribution in [-0.2, 0) is 29.4 Å². The van der Waals surface area contributed by atoms with Crippen LogP contribution in [0.1, 0.15) is 130 Å². The molecular weight excluding hydrogens is 742 g/mol. The molecule has 8 aliphatic rings. The molecule has 0 aromatic heterocycles. The fourth-order valence-electron chi connectivity index (χ4n) is 14.5. The van der Waals surface area contributed by atoms with Gasteiger partial charge in [0, 0.05) is 0 Å². The molecule has 0 N–H and O–H groups in total. The quantitative estimate of drug-likeness (QED) is 0.0945. The van der Waals surface area contributed by atoms with Crippen molar-refractivity contribution in [1.29, 1.82) is 0 Å². The molecule has 0 radical (unpaired) electrons. The Bertz CT molecular complexity index is 1710. The van der Waals surface area contributed by atoms with Crippen molar-refractivity contribution >= 4 is 15.8 Å². The van der Waals surface area contributed by atoms with Crippen molar-refractivity contribution in [3.05, 3.63) is 108 Å². The van der Waals surface area contributed by atoms with Gasteiger partial charge in [0.15, 0.2) is 0 Å². The predicted molar refractivity (Wildman–Crippen MR) is 238 cm³/mol. The zero-order chi connectivity index (χ0) is 37.3. The van der Waals surface area contributed by atoms with Gasteiger partial charge in [-0.25, -0.2) is 12.1 Å². The molecule has 4 aromatic carbocycles. The van der Waals surface area contributed by atoms with Gasteiger partial charge in [0.25, 0.3) is 0 Å². The van der Waals surface area contributed by atoms with E-state index in [4.69, 9.17) is 0 Å². The van der Waals surface area contributed by atoms with Crippen LogP contribution in [0.15, 0.2) is 97.1 Å². The minimum atomic E-state index is -0.269. The normalized spacial score (nSPS) is 32.3. The molecule has 3 heteroatoms. The summed E-state index contributed by atoms with van der Waals surface area (Å²) in [5.41, 5.74) is 9.49. The molecule has 0 saturated heterocycles. The molecular formula is C52H68FeP2. The average Bonchev–Trinajstić information content (AvgIpc) is 3.81. The summed E-state index contributed by atoms with van der Waals surface area (Å²) in [5.74, 6) is 6.24. The van der Waals surface area contributed by atoms with Crippen molar-refractivity contribution in [3.63, 3.8) is 0 Å². The maximum atomic E-state index is 2.79. The molecule has 8 saturated carbocycles. The minimum absolute atomic E-state index is 0. The molecule has 0 amide bonds. The summed E-state index contributed by atoms with van der Waals surface area (Å²) >= 11 is 0. The summed E-state index contributed by atoms with van der Waals surface area (Å²) in [7, 11) is -0.381. The molecule has 294 valence electrons. The molecule has 55 heavy (non-hydrogen) atoms. The number of hydrogen-bond donors (Lipinski definition) is 0. The first-order chi connectivity index (χ1) is 25.9. The van der Waals surface area contributed by atoms with Gasteiger partial charge in [-0.05, 0) is 146 Å². The number of hydrogen-bond acceptors (Lipinski definition) is 0. The van der Waals surface area contributed by atoms with Gasteiger partial charge in [0.05, 0.1) is 0 Å². The summed E-state index contributed by atoms with van der Waals surface area (Å²) in [6, 6.07) is 36.0. The van der Waals surface area contributed by atoms with Crippen LogP contribution >= 0.6 is 15.8 Å². The largest absolute Gasteiger partial charge is 2.00 e. The molecule has 4 aromatic rings. The third-order valence-corrected chi connectivity index (χ3v) is 23.3. The summed E-state index contributed by atoms with van der Waals surface area (Å²) in [5, 5.41) is 1.91. The SMILES string of the molecule is CC(C)(C)P(Cc1c(CP(C23CC4CC(CC(C4)C2)C3)C23CC4CC(CC(C4)C2)C3)cc(-c2ccccc2)[c-]1-c1ccccc1)C(C)(C)C.[Fe+2].c1cc[cH-]c1. The second-order valence-corrected chi connectivity index (χ2v) is 28.4. The van der Waals surface area contributed by atoms with Gasteiger partial charge in [0.2, 0.25) is 0 Å². The van der Waals surface area contributed by atoms with Gasteiger partial charge in [-0.15, -0.1) is 29.3 Å². The van der Waals surface area contributed by atoms with E-state index in [9.17, 15) is 0 Å². The maximum absolute atomic E-state index is 2.79. The van der Waals surface area contributed by atoms with E-state index in [2.05, 4.69) is 108 Å². The standard InChI is InChI=1S/C47H63P2.C5H5.Fe/c1-44(2,3)48(45(4,5)6)31-42-40(23-41(38-13-9-7-10-14-38)43(42)39-15-11-8-12-16-39)30-49(46-24-32-17-33(25-46)19-34(18-32)26-46)47-27-35-20-36(28-47)22-37(21-35)29-47;1-2-4-5-3-1;/h7-16,23,32-37H,17-22,24-31H2,1-6H3;1-5H;/q2*-1;+2. The van der Waals surface area contributed by atoms with E-state index >= 15 is 0 Å². The van der Waals surface area contributed by atoms with E-state index in [0.29, 0.717) is 20.6 Å². The Kier molecular flexibility index (Phi) is 11.4. The molecule has 0 spiro atoms. The van der Waals surface area contributed by atoms with Gasteiger partial charge in [-0.3, -0.25) is 0 Å². The Balaban J connectivity index is 0.000000661. The van der Waals surface area contributed by atoms with Crippen LogP contribution in [-0.4, -0.2) is 20.6 Å². The monoisotopic (exact) mass is 810 g/mol. The van der Waals surface area contributed by atoms with Crippen LogP contribution in [0.25, 0.3) is 22.3 Å². The topological polar surface area (TPSA) is 0 Å². The van der Waals surface area contributed by atoms with Crippen molar-refractivity contribution in [2.24, 2.45) is 35.5 Å². The van der Waals surface area contributed by atoms with E-state index in [0.717, 1.165) is 35.5 Å². The van der Waals surface area contributed by atoms with Gasteiger partial charge in [-0.2, -0.15) is 18.2 Å². The molecule has 0 aliphatic heterocycles. The van der Waals surface area contributed by atoms with Crippen molar-refractivity contribution < 1.29 is 17.1 Å². The number of benzene rings is 2. The fraction of sp³-hybridized carbons (Fsp3) is 0.577. The molecule has 8 bridgehead atoms. The third-order valence-electron chi connectivity index (χ3n) is 15.4. The summed E-state index contributed by atoms with van der Waals surface area (Å²) in [4.78, 5) is 0. The average molecular weight is 811 g/mol. The van der Waals surface area contributed by atoms with Gasteiger partial charge in [-0.1, -0.05) is 128 Å². The molecule has 0 nitrogen and oxygen atoms in total. The molecule has 12 rings (SSSR count). The Labute approximate surface area is 348 Å². The van der Waals surface area contributed by atoms with E-state index in [-0.39, 0.29) is 32.9 Å². The van der Waals surface area contributed by atoms with Crippen molar-refractivity contribution in [2.75, 3.05) is 0 Å². The number of rotatable bonds is 8. The first-order valence-electron chi connectivity index (χ1n) is 22.0. The molecule has 0 atom stereocenters. The zero-order valence-electron chi connectivity index (χ0n) is 34.8. The first kappa shape index (κ1) is 40.3.